The van der Waals surface area contributed by atoms with Gasteiger partial charge in [-0.1, -0.05) is 44.1 Å². The Hall–Kier alpha value is -2.17. The number of rotatable bonds is 5. The van der Waals surface area contributed by atoms with E-state index in [4.69, 9.17) is 4.52 Å². The number of anilines is 1. The molecule has 1 amide bonds. The number of amides is 1. The number of nitrogens with one attached hydrogen (secondary N) is 1. The first-order valence-corrected chi connectivity index (χ1v) is 7.13. The van der Waals surface area contributed by atoms with Gasteiger partial charge in [0.25, 0.3) is 0 Å². The third kappa shape index (κ3) is 4.70. The number of carbonyl (C=O) groups is 1. The van der Waals surface area contributed by atoms with E-state index in [1.807, 2.05) is 51.1 Å². The summed E-state index contributed by atoms with van der Waals surface area (Å²) >= 11 is 0. The number of aryl methyl sites for hydroxylation is 1. The second-order valence-corrected chi connectivity index (χ2v) is 6.03. The lowest BCUT2D eigenvalue weighted by atomic mass is 9.96. The summed E-state index contributed by atoms with van der Waals surface area (Å²) in [5, 5.41) is 6.82. The van der Waals surface area contributed by atoms with Crippen molar-refractivity contribution >= 4 is 11.6 Å². The van der Waals surface area contributed by atoms with E-state index in [0.29, 0.717) is 31.0 Å². The van der Waals surface area contributed by atoms with Crippen molar-refractivity contribution in [3.05, 3.63) is 42.0 Å². The van der Waals surface area contributed by atoms with Crippen molar-refractivity contribution in [3.63, 3.8) is 0 Å². The molecule has 2 rings (SSSR count). The second kappa shape index (κ2) is 6.52. The van der Waals surface area contributed by atoms with Crippen LogP contribution in [0.15, 0.2) is 34.9 Å². The summed E-state index contributed by atoms with van der Waals surface area (Å²) in [6.07, 6.45) is 1.73. The predicted octanol–water partition coefficient (Wildman–Crippen LogP) is 3.33. The molecular weight excluding hydrogens is 266 g/mol. The number of aromatic nitrogens is 2. The van der Waals surface area contributed by atoms with E-state index >= 15 is 0 Å². The molecule has 1 aromatic carbocycles. The maximum atomic E-state index is 11.8. The first kappa shape index (κ1) is 15.2. The van der Waals surface area contributed by atoms with E-state index in [1.165, 1.54) is 0 Å². The zero-order valence-corrected chi connectivity index (χ0v) is 12.7. The molecule has 0 saturated carbocycles. The molecule has 0 aliphatic rings. The fourth-order valence-corrected chi connectivity index (χ4v) is 1.81. The number of hydrogen-bond donors (Lipinski definition) is 1. The molecule has 0 spiro atoms. The van der Waals surface area contributed by atoms with Crippen LogP contribution in [0.5, 0.6) is 0 Å². The number of hydrogen-bond acceptors (Lipinski definition) is 4. The molecule has 0 aliphatic carbocycles. The Morgan fingerprint density at radius 3 is 2.57 bits per heavy atom. The fourth-order valence-electron chi connectivity index (χ4n) is 1.81. The van der Waals surface area contributed by atoms with Crippen LogP contribution in [0.2, 0.25) is 0 Å². The van der Waals surface area contributed by atoms with Gasteiger partial charge in [0.2, 0.25) is 11.8 Å². The fraction of sp³-hybridized carbons (Fsp3) is 0.438. The number of nitrogens with zero attached hydrogens (tertiary/aromatic N) is 2. The van der Waals surface area contributed by atoms with Crippen molar-refractivity contribution in [2.75, 3.05) is 5.32 Å². The van der Waals surface area contributed by atoms with Gasteiger partial charge in [0, 0.05) is 23.9 Å². The van der Waals surface area contributed by atoms with E-state index < -0.39 is 0 Å². The highest BCUT2D eigenvalue weighted by molar-refractivity contribution is 5.90. The van der Waals surface area contributed by atoms with Gasteiger partial charge < -0.3 is 9.84 Å². The summed E-state index contributed by atoms with van der Waals surface area (Å²) in [7, 11) is 0. The quantitative estimate of drug-likeness (QED) is 0.916. The number of para-hydroxylation sites is 1. The smallest absolute Gasteiger partial charge is 0.226 e. The normalized spacial score (nSPS) is 11.4. The molecule has 0 bridgehead atoms. The number of carbonyl (C=O) groups excluding carboxylic acids is 1. The van der Waals surface area contributed by atoms with Crippen LogP contribution in [0.25, 0.3) is 0 Å². The summed E-state index contributed by atoms with van der Waals surface area (Å²) in [6.45, 7) is 6.11. The molecule has 0 saturated heterocycles. The molecular formula is C16H21N3O2. The van der Waals surface area contributed by atoms with Crippen molar-refractivity contribution in [3.8, 4) is 0 Å². The maximum absolute atomic E-state index is 11.8. The SMILES string of the molecule is CC(C)(C)c1noc(CCCC(=O)Nc2ccccc2)n1. The van der Waals surface area contributed by atoms with Gasteiger partial charge in [-0.2, -0.15) is 4.98 Å². The molecule has 0 atom stereocenters. The van der Waals surface area contributed by atoms with E-state index in [9.17, 15) is 4.79 Å². The average molecular weight is 287 g/mol. The van der Waals surface area contributed by atoms with Gasteiger partial charge in [-0.15, -0.1) is 0 Å². The lowest BCUT2D eigenvalue weighted by Crippen LogP contribution is -2.13. The summed E-state index contributed by atoms with van der Waals surface area (Å²) < 4.78 is 5.20. The third-order valence-electron chi connectivity index (χ3n) is 2.99. The molecule has 2 aromatic rings. The van der Waals surface area contributed by atoms with Crippen molar-refractivity contribution in [1.29, 1.82) is 0 Å². The van der Waals surface area contributed by atoms with Crippen LogP contribution < -0.4 is 5.32 Å². The third-order valence-corrected chi connectivity index (χ3v) is 2.99. The molecule has 21 heavy (non-hydrogen) atoms. The van der Waals surface area contributed by atoms with E-state index in [0.717, 1.165) is 5.69 Å². The molecule has 5 heteroatoms. The lowest BCUT2D eigenvalue weighted by molar-refractivity contribution is -0.116. The number of benzene rings is 1. The van der Waals surface area contributed by atoms with Crippen molar-refractivity contribution in [2.45, 2.75) is 45.4 Å². The summed E-state index contributed by atoms with van der Waals surface area (Å²) in [6, 6.07) is 9.43. The monoisotopic (exact) mass is 287 g/mol. The van der Waals surface area contributed by atoms with Crippen molar-refractivity contribution in [1.82, 2.24) is 10.1 Å². The minimum absolute atomic E-state index is 0.00300. The molecule has 5 nitrogen and oxygen atoms in total. The molecule has 1 heterocycles. The van der Waals surface area contributed by atoms with Crippen LogP contribution in [0.1, 0.15) is 45.3 Å². The largest absolute Gasteiger partial charge is 0.339 e. The first-order valence-electron chi connectivity index (χ1n) is 7.13. The topological polar surface area (TPSA) is 68.0 Å². The second-order valence-electron chi connectivity index (χ2n) is 6.03. The predicted molar refractivity (Wildman–Crippen MR) is 81.0 cm³/mol. The van der Waals surface area contributed by atoms with Crippen LogP contribution in [0, 0.1) is 0 Å². The molecule has 0 aliphatic heterocycles. The van der Waals surface area contributed by atoms with Gasteiger partial charge >= 0.3 is 0 Å². The molecule has 1 N–H and O–H groups in total. The van der Waals surface area contributed by atoms with E-state index in [1.54, 1.807) is 0 Å². The van der Waals surface area contributed by atoms with Crippen LogP contribution in [-0.4, -0.2) is 16.0 Å². The van der Waals surface area contributed by atoms with Crippen molar-refractivity contribution < 1.29 is 9.32 Å². The Balaban J connectivity index is 1.77. The highest BCUT2D eigenvalue weighted by atomic mass is 16.5. The Morgan fingerprint density at radius 2 is 1.95 bits per heavy atom. The van der Waals surface area contributed by atoms with Gasteiger partial charge in [-0.25, -0.2) is 0 Å². The van der Waals surface area contributed by atoms with Gasteiger partial charge in [0.1, 0.15) is 0 Å². The Labute approximate surface area is 124 Å². The van der Waals surface area contributed by atoms with Gasteiger partial charge in [-0.3, -0.25) is 4.79 Å². The zero-order valence-electron chi connectivity index (χ0n) is 12.7. The zero-order chi connectivity index (χ0) is 15.3. The van der Waals surface area contributed by atoms with Gasteiger partial charge in [-0.05, 0) is 18.6 Å². The van der Waals surface area contributed by atoms with Gasteiger partial charge in [0.05, 0.1) is 0 Å². The molecule has 1 aromatic heterocycles. The standard InChI is InChI=1S/C16H21N3O2/c1-16(2,3)15-18-14(21-19-15)11-7-10-13(20)17-12-8-5-4-6-9-12/h4-6,8-9H,7,10-11H2,1-3H3,(H,17,20). The Bertz CT molecular complexity index is 585. The Kier molecular flexibility index (Phi) is 4.73. The molecule has 112 valence electrons. The molecule has 0 fully saturated rings. The van der Waals surface area contributed by atoms with Crippen LogP contribution in [0.3, 0.4) is 0 Å². The average Bonchev–Trinajstić information content (AvgIpc) is 2.88. The highest BCUT2D eigenvalue weighted by Gasteiger charge is 2.20. The maximum Gasteiger partial charge on any atom is 0.226 e. The van der Waals surface area contributed by atoms with Crippen LogP contribution in [-0.2, 0) is 16.6 Å². The minimum atomic E-state index is -0.119. The van der Waals surface area contributed by atoms with Gasteiger partial charge in [0.15, 0.2) is 5.82 Å². The van der Waals surface area contributed by atoms with E-state index in [2.05, 4.69) is 15.5 Å². The molecule has 0 radical (unpaired) electrons. The minimum Gasteiger partial charge on any atom is -0.339 e. The lowest BCUT2D eigenvalue weighted by Gasteiger charge is -2.10. The van der Waals surface area contributed by atoms with Crippen LogP contribution in [0.4, 0.5) is 5.69 Å². The summed E-state index contributed by atoms with van der Waals surface area (Å²) in [5.41, 5.74) is 0.696. The van der Waals surface area contributed by atoms with Crippen molar-refractivity contribution in [2.24, 2.45) is 0 Å². The van der Waals surface area contributed by atoms with E-state index in [-0.39, 0.29) is 11.3 Å². The molecule has 0 unspecified atom stereocenters. The van der Waals surface area contributed by atoms with Crippen LogP contribution >= 0.6 is 0 Å². The first-order chi connectivity index (χ1) is 9.95. The highest BCUT2D eigenvalue weighted by Crippen LogP contribution is 2.19. The summed E-state index contributed by atoms with van der Waals surface area (Å²) in [4.78, 5) is 16.1. The Morgan fingerprint density at radius 1 is 1.24 bits per heavy atom. The summed E-state index contributed by atoms with van der Waals surface area (Å²) in [5.74, 6) is 1.29.